The molecule has 72 valence electrons. The van der Waals surface area contributed by atoms with Crippen molar-refractivity contribution in [2.24, 2.45) is 5.92 Å². The maximum absolute atomic E-state index is 5.55. The van der Waals surface area contributed by atoms with E-state index in [1.165, 1.54) is 12.8 Å². The van der Waals surface area contributed by atoms with Crippen LogP contribution in [0.5, 0.6) is 0 Å². The summed E-state index contributed by atoms with van der Waals surface area (Å²) in [5.74, 6) is 0.794. The molecule has 1 saturated heterocycles. The lowest BCUT2D eigenvalue weighted by Crippen LogP contribution is -2.23. The van der Waals surface area contributed by atoms with E-state index in [1.54, 1.807) is 0 Å². The second kappa shape index (κ2) is 4.83. The maximum Gasteiger partial charge on any atom is 0.0714 e. The van der Waals surface area contributed by atoms with Crippen LogP contribution in [0.2, 0.25) is 0 Å². The molecular weight excluding hydrogens is 150 g/mol. The first-order valence-corrected chi connectivity index (χ1v) is 5.07. The molecule has 12 heavy (non-hydrogen) atoms. The Morgan fingerprint density at radius 1 is 1.50 bits per heavy atom. The smallest absolute Gasteiger partial charge is 0.0714 e. The lowest BCUT2D eigenvalue weighted by molar-refractivity contribution is 0.0753. The lowest BCUT2D eigenvalue weighted by Gasteiger charge is -2.12. The summed E-state index contributed by atoms with van der Waals surface area (Å²) in [7, 11) is 0. The first-order chi connectivity index (χ1) is 5.72. The van der Waals surface area contributed by atoms with E-state index in [-0.39, 0.29) is 0 Å². The molecule has 2 nitrogen and oxygen atoms in total. The summed E-state index contributed by atoms with van der Waals surface area (Å²) in [6, 6.07) is 0.696. The molecule has 0 saturated carbocycles. The fraction of sp³-hybridized carbons (Fsp3) is 1.00. The minimum Gasteiger partial charge on any atom is -0.377 e. The van der Waals surface area contributed by atoms with Crippen LogP contribution in [0, 0.1) is 5.92 Å². The van der Waals surface area contributed by atoms with E-state index in [2.05, 4.69) is 26.1 Å². The molecule has 1 N–H and O–H groups in total. The molecule has 0 aliphatic carbocycles. The third kappa shape index (κ3) is 3.11. The molecule has 0 amide bonds. The van der Waals surface area contributed by atoms with Crippen LogP contribution in [0.4, 0.5) is 0 Å². The van der Waals surface area contributed by atoms with E-state index in [1.807, 2.05) is 0 Å². The van der Waals surface area contributed by atoms with Gasteiger partial charge in [-0.15, -0.1) is 0 Å². The molecule has 1 heterocycles. The number of hydrogen-bond acceptors (Lipinski definition) is 2. The first-order valence-electron chi connectivity index (χ1n) is 5.07. The summed E-state index contributed by atoms with van der Waals surface area (Å²) in [6.07, 6.45) is 2.95. The van der Waals surface area contributed by atoms with Gasteiger partial charge >= 0.3 is 0 Å². The van der Waals surface area contributed by atoms with Crippen LogP contribution in [-0.2, 0) is 4.74 Å². The Labute approximate surface area is 75.7 Å². The topological polar surface area (TPSA) is 21.3 Å². The van der Waals surface area contributed by atoms with Gasteiger partial charge in [0.25, 0.3) is 0 Å². The van der Waals surface area contributed by atoms with Crippen molar-refractivity contribution in [3.8, 4) is 0 Å². The highest BCUT2D eigenvalue weighted by Crippen LogP contribution is 2.16. The van der Waals surface area contributed by atoms with Crippen LogP contribution in [0.15, 0.2) is 0 Å². The van der Waals surface area contributed by atoms with Crippen molar-refractivity contribution in [2.45, 2.75) is 45.8 Å². The molecule has 0 spiro atoms. The quantitative estimate of drug-likeness (QED) is 0.696. The van der Waals surface area contributed by atoms with Gasteiger partial charge in [0, 0.05) is 19.2 Å². The van der Waals surface area contributed by atoms with Crippen molar-refractivity contribution in [2.75, 3.05) is 13.2 Å². The van der Waals surface area contributed by atoms with E-state index in [0.717, 1.165) is 19.1 Å². The molecule has 0 radical (unpaired) electrons. The van der Waals surface area contributed by atoms with Gasteiger partial charge in [0.2, 0.25) is 0 Å². The molecule has 0 aromatic carbocycles. The molecule has 0 unspecified atom stereocenters. The van der Waals surface area contributed by atoms with Gasteiger partial charge in [-0.1, -0.05) is 13.8 Å². The zero-order valence-corrected chi connectivity index (χ0v) is 8.47. The summed E-state index contributed by atoms with van der Waals surface area (Å²) in [5.41, 5.74) is 0. The standard InChI is InChI=1S/C10H21NO/c1-4-12-10-6-9(11-7-10)5-8(2)3/h8-11H,4-7H2,1-3H3/t9-,10-/m1/s1. The van der Waals surface area contributed by atoms with E-state index in [0.29, 0.717) is 12.1 Å². The molecule has 2 heteroatoms. The lowest BCUT2D eigenvalue weighted by atomic mass is 10.0. The minimum absolute atomic E-state index is 0.471. The Morgan fingerprint density at radius 2 is 2.25 bits per heavy atom. The Kier molecular flexibility index (Phi) is 4.02. The Hall–Kier alpha value is -0.0800. The molecule has 0 aromatic rings. The van der Waals surface area contributed by atoms with Crippen molar-refractivity contribution in [3.63, 3.8) is 0 Å². The second-order valence-electron chi connectivity index (χ2n) is 4.05. The summed E-state index contributed by atoms with van der Waals surface area (Å²) in [4.78, 5) is 0. The van der Waals surface area contributed by atoms with E-state index in [9.17, 15) is 0 Å². The zero-order valence-electron chi connectivity index (χ0n) is 8.47. The van der Waals surface area contributed by atoms with Gasteiger partial charge in [-0.2, -0.15) is 0 Å². The third-order valence-electron chi connectivity index (χ3n) is 2.34. The van der Waals surface area contributed by atoms with Crippen LogP contribution in [0.3, 0.4) is 0 Å². The maximum atomic E-state index is 5.55. The second-order valence-corrected chi connectivity index (χ2v) is 4.05. The Balaban J connectivity index is 2.16. The fourth-order valence-corrected chi connectivity index (χ4v) is 1.89. The Morgan fingerprint density at radius 3 is 2.83 bits per heavy atom. The van der Waals surface area contributed by atoms with E-state index in [4.69, 9.17) is 4.74 Å². The number of ether oxygens (including phenoxy) is 1. The molecule has 0 bridgehead atoms. The predicted molar refractivity (Wildman–Crippen MR) is 51.3 cm³/mol. The van der Waals surface area contributed by atoms with Gasteiger partial charge in [-0.05, 0) is 25.7 Å². The monoisotopic (exact) mass is 171 g/mol. The first kappa shape index (κ1) is 10.0. The Bertz CT molecular complexity index is 125. The highest BCUT2D eigenvalue weighted by molar-refractivity contribution is 4.82. The van der Waals surface area contributed by atoms with Gasteiger partial charge in [-0.25, -0.2) is 0 Å². The van der Waals surface area contributed by atoms with Crippen LogP contribution in [0.1, 0.15) is 33.6 Å². The van der Waals surface area contributed by atoms with Gasteiger partial charge in [0.1, 0.15) is 0 Å². The largest absolute Gasteiger partial charge is 0.377 e. The highest BCUT2D eigenvalue weighted by atomic mass is 16.5. The van der Waals surface area contributed by atoms with Crippen LogP contribution in [-0.4, -0.2) is 25.3 Å². The van der Waals surface area contributed by atoms with Crippen LogP contribution >= 0.6 is 0 Å². The molecule has 1 rings (SSSR count). The van der Waals surface area contributed by atoms with E-state index >= 15 is 0 Å². The van der Waals surface area contributed by atoms with Gasteiger partial charge in [-0.3, -0.25) is 0 Å². The van der Waals surface area contributed by atoms with Crippen molar-refractivity contribution in [1.82, 2.24) is 5.32 Å². The zero-order chi connectivity index (χ0) is 8.97. The van der Waals surface area contributed by atoms with Crippen molar-refractivity contribution >= 4 is 0 Å². The summed E-state index contributed by atoms with van der Waals surface area (Å²) in [6.45, 7) is 8.51. The normalized spacial score (nSPS) is 30.0. The molecule has 1 aliphatic rings. The third-order valence-corrected chi connectivity index (χ3v) is 2.34. The van der Waals surface area contributed by atoms with Crippen molar-refractivity contribution in [3.05, 3.63) is 0 Å². The van der Waals surface area contributed by atoms with Crippen LogP contribution < -0.4 is 5.32 Å². The highest BCUT2D eigenvalue weighted by Gasteiger charge is 2.24. The SMILES string of the molecule is CCO[C@H]1CN[C@H](CC(C)C)C1. The van der Waals surface area contributed by atoms with Crippen LogP contribution in [0.25, 0.3) is 0 Å². The average Bonchev–Trinajstić information content (AvgIpc) is 2.36. The number of nitrogens with one attached hydrogen (secondary N) is 1. The average molecular weight is 171 g/mol. The van der Waals surface area contributed by atoms with E-state index < -0.39 is 0 Å². The van der Waals surface area contributed by atoms with Crippen molar-refractivity contribution in [1.29, 1.82) is 0 Å². The number of rotatable bonds is 4. The van der Waals surface area contributed by atoms with Gasteiger partial charge < -0.3 is 10.1 Å². The number of hydrogen-bond donors (Lipinski definition) is 1. The van der Waals surface area contributed by atoms with Crippen molar-refractivity contribution < 1.29 is 4.74 Å². The summed E-state index contributed by atoms with van der Waals surface area (Å²) >= 11 is 0. The molecule has 1 fully saturated rings. The minimum atomic E-state index is 0.471. The van der Waals surface area contributed by atoms with Gasteiger partial charge in [0.05, 0.1) is 6.10 Å². The molecular formula is C10H21NO. The summed E-state index contributed by atoms with van der Waals surface area (Å²) in [5, 5.41) is 3.50. The molecule has 0 aromatic heterocycles. The molecule has 2 atom stereocenters. The molecule has 1 aliphatic heterocycles. The van der Waals surface area contributed by atoms with Gasteiger partial charge in [0.15, 0.2) is 0 Å². The predicted octanol–water partition coefficient (Wildman–Crippen LogP) is 1.80. The fourth-order valence-electron chi connectivity index (χ4n) is 1.89. The summed E-state index contributed by atoms with van der Waals surface area (Å²) < 4.78 is 5.55.